The van der Waals surface area contributed by atoms with Crippen LogP contribution >= 0.6 is 35.6 Å². The Kier molecular flexibility index (Phi) is 7.03. The summed E-state index contributed by atoms with van der Waals surface area (Å²) in [6.07, 6.45) is 1.36. The van der Waals surface area contributed by atoms with Crippen LogP contribution in [-0.4, -0.2) is 46.4 Å². The van der Waals surface area contributed by atoms with Gasteiger partial charge in [-0.05, 0) is 24.6 Å². The summed E-state index contributed by atoms with van der Waals surface area (Å²) < 4.78 is 3.49. The maximum Gasteiger partial charge on any atom is 0.332 e. The Morgan fingerprint density at radius 2 is 1.75 bits per heavy atom. The number of aryl methyl sites for hydroxylation is 1. The number of carboxylic acids is 1. The molecule has 13 heteroatoms. The molecule has 1 saturated heterocycles. The third-order valence-electron chi connectivity index (χ3n) is 5.67. The van der Waals surface area contributed by atoms with Gasteiger partial charge in [0, 0.05) is 27.1 Å². The molecule has 1 N–H and O–H groups in total. The lowest BCUT2D eigenvalue weighted by Crippen LogP contribution is -2.40. The van der Waals surface area contributed by atoms with E-state index in [0.29, 0.717) is 5.69 Å². The van der Waals surface area contributed by atoms with E-state index in [4.69, 9.17) is 28.9 Å². The monoisotopic (exact) mass is 546 g/mol. The van der Waals surface area contributed by atoms with Crippen LogP contribution in [0.3, 0.4) is 0 Å². The highest BCUT2D eigenvalue weighted by molar-refractivity contribution is 8.26. The molecule has 186 valence electrons. The number of amides is 1. The van der Waals surface area contributed by atoms with E-state index >= 15 is 0 Å². The van der Waals surface area contributed by atoms with Gasteiger partial charge in [0.2, 0.25) is 0 Å². The minimum Gasteiger partial charge on any atom is -0.481 e. The van der Waals surface area contributed by atoms with Gasteiger partial charge < -0.3 is 5.11 Å². The lowest BCUT2D eigenvalue weighted by atomic mass is 10.1. The summed E-state index contributed by atoms with van der Waals surface area (Å²) in [4.78, 5) is 64.7. The lowest BCUT2D eigenvalue weighted by Gasteiger charge is -2.17. The molecule has 1 aliphatic rings. The maximum absolute atomic E-state index is 13.7. The Hall–Kier alpha value is -3.48. The zero-order valence-electron chi connectivity index (χ0n) is 19.1. The molecule has 0 bridgehead atoms. The number of hydrogen-bond donors (Lipinski definition) is 1. The number of rotatable bonds is 6. The SMILES string of the molecule is Cn1c(=O)c2c(Cl)c(/C=C3\SC(=S)N(CCCC(=O)O)C3=O)c(=O)n(-c3ccccc3)c2n(C)c1=O. The van der Waals surface area contributed by atoms with Crippen molar-refractivity contribution in [1.29, 1.82) is 0 Å². The molecular weight excluding hydrogens is 528 g/mol. The number of aromatic nitrogens is 3. The van der Waals surface area contributed by atoms with Crippen LogP contribution in [0.5, 0.6) is 0 Å². The van der Waals surface area contributed by atoms with E-state index in [1.807, 2.05) is 0 Å². The molecule has 0 saturated carbocycles. The highest BCUT2D eigenvalue weighted by Gasteiger charge is 2.33. The number of benzene rings is 1. The number of hydrogen-bond acceptors (Lipinski definition) is 7. The Labute approximate surface area is 218 Å². The van der Waals surface area contributed by atoms with Crippen molar-refractivity contribution in [2.45, 2.75) is 12.8 Å². The Bertz CT molecular complexity index is 1660. The van der Waals surface area contributed by atoms with Gasteiger partial charge in [0.15, 0.2) is 0 Å². The number of halogens is 1. The second-order valence-corrected chi connectivity index (χ2v) is 9.99. The Balaban J connectivity index is 1.98. The average Bonchev–Trinajstić information content (AvgIpc) is 3.11. The second kappa shape index (κ2) is 9.88. The van der Waals surface area contributed by atoms with Gasteiger partial charge in [0.05, 0.1) is 21.2 Å². The molecule has 0 radical (unpaired) electrons. The van der Waals surface area contributed by atoms with Crippen LogP contribution in [-0.2, 0) is 23.7 Å². The molecule has 1 fully saturated rings. The summed E-state index contributed by atoms with van der Waals surface area (Å²) in [5.41, 5.74) is -1.68. The number of nitrogens with zero attached hydrogens (tertiary/aromatic N) is 4. The number of carbonyl (C=O) groups is 2. The second-order valence-electron chi connectivity index (χ2n) is 7.94. The largest absolute Gasteiger partial charge is 0.481 e. The van der Waals surface area contributed by atoms with E-state index in [1.165, 1.54) is 34.2 Å². The molecule has 0 atom stereocenters. The average molecular weight is 547 g/mol. The molecule has 10 nitrogen and oxygen atoms in total. The van der Waals surface area contributed by atoms with Gasteiger partial charge in [0.25, 0.3) is 17.0 Å². The molecule has 3 heterocycles. The normalized spacial score (nSPS) is 14.9. The summed E-state index contributed by atoms with van der Waals surface area (Å²) in [5, 5.41) is 8.60. The first-order chi connectivity index (χ1) is 17.0. The maximum atomic E-state index is 13.7. The summed E-state index contributed by atoms with van der Waals surface area (Å²) in [5.74, 6) is -1.48. The molecule has 1 aromatic carbocycles. The topological polar surface area (TPSA) is 124 Å². The highest BCUT2D eigenvalue weighted by Crippen LogP contribution is 2.34. The molecular formula is C23H19ClN4O6S2. The molecule has 4 rings (SSSR count). The van der Waals surface area contributed by atoms with Crippen molar-refractivity contribution in [3.8, 4) is 5.69 Å². The van der Waals surface area contributed by atoms with Crippen LogP contribution in [0.25, 0.3) is 22.8 Å². The van der Waals surface area contributed by atoms with Gasteiger partial charge in [-0.15, -0.1) is 0 Å². The van der Waals surface area contributed by atoms with E-state index in [2.05, 4.69) is 0 Å². The summed E-state index contributed by atoms with van der Waals surface area (Å²) >= 11 is 12.8. The van der Waals surface area contributed by atoms with Crippen LogP contribution < -0.4 is 16.8 Å². The van der Waals surface area contributed by atoms with Gasteiger partial charge in [-0.1, -0.05) is 53.8 Å². The number of para-hydroxylation sites is 1. The fourth-order valence-corrected chi connectivity index (χ4v) is 5.48. The van der Waals surface area contributed by atoms with E-state index in [0.717, 1.165) is 16.3 Å². The van der Waals surface area contributed by atoms with Gasteiger partial charge in [0.1, 0.15) is 15.4 Å². The van der Waals surface area contributed by atoms with Crippen LogP contribution in [0, 0.1) is 0 Å². The Morgan fingerprint density at radius 3 is 2.39 bits per heavy atom. The first kappa shape index (κ1) is 25.6. The number of thioether (sulfide) groups is 1. The van der Waals surface area contributed by atoms with E-state index in [9.17, 15) is 24.0 Å². The van der Waals surface area contributed by atoms with Crippen LogP contribution in [0.2, 0.25) is 5.02 Å². The molecule has 1 amide bonds. The minimum atomic E-state index is -0.989. The van der Waals surface area contributed by atoms with Crippen LogP contribution in [0.15, 0.2) is 49.6 Å². The van der Waals surface area contributed by atoms with Crippen molar-refractivity contribution < 1.29 is 14.7 Å². The van der Waals surface area contributed by atoms with Crippen molar-refractivity contribution in [1.82, 2.24) is 18.6 Å². The fraction of sp³-hybridized carbons (Fsp3) is 0.217. The predicted molar refractivity (Wildman–Crippen MR) is 142 cm³/mol. The summed E-state index contributed by atoms with van der Waals surface area (Å²) in [7, 11) is 2.74. The summed E-state index contributed by atoms with van der Waals surface area (Å²) in [6, 6.07) is 8.43. The molecule has 0 unspecified atom stereocenters. The zero-order valence-corrected chi connectivity index (χ0v) is 21.4. The molecule has 0 spiro atoms. The molecule has 36 heavy (non-hydrogen) atoms. The van der Waals surface area contributed by atoms with Crippen LogP contribution in [0.4, 0.5) is 0 Å². The highest BCUT2D eigenvalue weighted by atomic mass is 35.5. The summed E-state index contributed by atoms with van der Waals surface area (Å²) in [6.45, 7) is 0.108. The van der Waals surface area contributed by atoms with Crippen molar-refractivity contribution in [2.24, 2.45) is 14.1 Å². The molecule has 2 aromatic heterocycles. The van der Waals surface area contributed by atoms with Gasteiger partial charge in [-0.25, -0.2) is 4.79 Å². The minimum absolute atomic E-state index is 0.0164. The molecule has 1 aliphatic heterocycles. The van der Waals surface area contributed by atoms with Gasteiger partial charge >= 0.3 is 11.7 Å². The smallest absolute Gasteiger partial charge is 0.332 e. The van der Waals surface area contributed by atoms with Gasteiger partial charge in [-0.2, -0.15) is 0 Å². The number of carbonyl (C=O) groups excluding carboxylic acids is 1. The van der Waals surface area contributed by atoms with Crippen LogP contribution in [0.1, 0.15) is 18.4 Å². The number of fused-ring (bicyclic) bond motifs is 1. The van der Waals surface area contributed by atoms with E-state index < -0.39 is 28.7 Å². The van der Waals surface area contributed by atoms with Crippen molar-refractivity contribution in [2.75, 3.05) is 6.54 Å². The number of thiocarbonyl (C=S) groups is 1. The zero-order chi connectivity index (χ0) is 26.3. The van der Waals surface area contributed by atoms with Crippen molar-refractivity contribution in [3.63, 3.8) is 0 Å². The number of carboxylic acid groups (broad SMARTS) is 1. The third-order valence-corrected chi connectivity index (χ3v) is 7.44. The third kappa shape index (κ3) is 4.31. The predicted octanol–water partition coefficient (Wildman–Crippen LogP) is 2.11. The van der Waals surface area contributed by atoms with Crippen molar-refractivity contribution in [3.05, 3.63) is 77.0 Å². The molecule has 0 aliphatic carbocycles. The first-order valence-electron chi connectivity index (χ1n) is 10.6. The van der Waals surface area contributed by atoms with Crippen molar-refractivity contribution >= 4 is 68.9 Å². The number of pyridine rings is 1. The lowest BCUT2D eigenvalue weighted by molar-refractivity contribution is -0.137. The van der Waals surface area contributed by atoms with E-state index in [1.54, 1.807) is 30.3 Å². The quantitative estimate of drug-likeness (QED) is 0.368. The number of aliphatic carboxylic acids is 1. The standard InChI is InChI=1S/C23H19ClN4O6S2/c1-25-18-16(21(33)26(2)22(25)34)17(24)13(19(31)28(18)12-7-4-3-5-8-12)11-14-20(32)27(23(35)36-14)10-6-9-15(29)30/h3-5,7-8,11H,6,9-10H2,1-2H3,(H,29,30)/b14-11-. The fourth-order valence-electron chi connectivity index (χ4n) is 3.89. The first-order valence-corrected chi connectivity index (χ1v) is 12.2. The van der Waals surface area contributed by atoms with Gasteiger partial charge in [-0.3, -0.25) is 37.8 Å². The van der Waals surface area contributed by atoms with E-state index in [-0.39, 0.29) is 50.2 Å². The molecule has 3 aromatic rings. The Morgan fingerprint density at radius 1 is 1.08 bits per heavy atom.